The molecule has 1 aromatic heterocycles. The number of aromatic carboxylic acids is 1. The Hall–Kier alpha value is -1.18. The molecule has 1 fully saturated rings. The van der Waals surface area contributed by atoms with Crippen molar-refractivity contribution >= 4 is 22.4 Å². The molecule has 0 amide bonds. The first-order valence-electron chi connectivity index (χ1n) is 5.29. The minimum atomic E-state index is -1.02. The second-order valence-electron chi connectivity index (χ2n) is 3.96. The topological polar surface area (TPSA) is 82.9 Å². The van der Waals surface area contributed by atoms with Crippen molar-refractivity contribution in [1.82, 2.24) is 4.98 Å². The Balaban J connectivity index is 2.15. The minimum absolute atomic E-state index is 0.0413. The van der Waals surface area contributed by atoms with E-state index in [4.69, 9.17) is 14.9 Å². The molecular weight excluding hydrogens is 244 g/mol. The van der Waals surface area contributed by atoms with Crippen LogP contribution in [0.2, 0.25) is 0 Å². The molecule has 2 heterocycles. The molecule has 2 N–H and O–H groups in total. The molecule has 2 unspecified atom stereocenters. The van der Waals surface area contributed by atoms with E-state index in [2.05, 4.69) is 4.98 Å². The van der Waals surface area contributed by atoms with Crippen LogP contribution in [0.5, 0.6) is 0 Å². The molecule has 17 heavy (non-hydrogen) atoms. The predicted molar refractivity (Wildman–Crippen MR) is 62.7 cm³/mol. The number of hydrogen-bond acceptors (Lipinski definition) is 6. The number of thiazole rings is 1. The highest BCUT2D eigenvalue weighted by molar-refractivity contribution is 7.13. The van der Waals surface area contributed by atoms with Gasteiger partial charge in [-0.2, -0.15) is 0 Å². The zero-order chi connectivity index (χ0) is 12.4. The SMILES string of the molecule is CC1COC(CO)CN1c1nc(C(=O)O)cs1. The third kappa shape index (κ3) is 2.56. The Bertz CT molecular complexity index is 409. The van der Waals surface area contributed by atoms with E-state index >= 15 is 0 Å². The van der Waals surface area contributed by atoms with E-state index in [0.29, 0.717) is 18.3 Å². The lowest BCUT2D eigenvalue weighted by molar-refractivity contribution is -0.0103. The van der Waals surface area contributed by atoms with E-state index in [1.807, 2.05) is 11.8 Å². The standard InChI is InChI=1S/C10H14N2O4S/c1-6-4-16-7(3-13)2-12(6)10-11-8(5-17-10)9(14)15/h5-7,13H,2-4H2,1H3,(H,14,15). The van der Waals surface area contributed by atoms with E-state index in [9.17, 15) is 4.79 Å². The summed E-state index contributed by atoms with van der Waals surface area (Å²) in [4.78, 5) is 16.8. The van der Waals surface area contributed by atoms with Crippen LogP contribution in [0.15, 0.2) is 5.38 Å². The van der Waals surface area contributed by atoms with E-state index in [0.717, 1.165) is 0 Å². The summed E-state index contributed by atoms with van der Waals surface area (Å²) in [6.07, 6.45) is -0.233. The number of carboxylic acid groups (broad SMARTS) is 1. The molecule has 2 atom stereocenters. The van der Waals surface area contributed by atoms with Crippen molar-refractivity contribution < 1.29 is 19.7 Å². The summed E-state index contributed by atoms with van der Waals surface area (Å²) < 4.78 is 5.41. The number of aromatic nitrogens is 1. The van der Waals surface area contributed by atoms with Gasteiger partial charge in [-0.3, -0.25) is 0 Å². The molecule has 94 valence electrons. The number of ether oxygens (including phenoxy) is 1. The Kier molecular flexibility index (Phi) is 3.60. The van der Waals surface area contributed by atoms with Crippen molar-refractivity contribution in [3.05, 3.63) is 11.1 Å². The van der Waals surface area contributed by atoms with Gasteiger partial charge in [-0.15, -0.1) is 11.3 Å². The van der Waals surface area contributed by atoms with Crippen LogP contribution in [0.25, 0.3) is 0 Å². The fourth-order valence-electron chi connectivity index (χ4n) is 1.69. The van der Waals surface area contributed by atoms with Crippen LogP contribution in [0.3, 0.4) is 0 Å². The summed E-state index contributed by atoms with van der Waals surface area (Å²) in [7, 11) is 0. The quantitative estimate of drug-likeness (QED) is 0.818. The summed E-state index contributed by atoms with van der Waals surface area (Å²) >= 11 is 1.30. The maximum Gasteiger partial charge on any atom is 0.355 e. The van der Waals surface area contributed by atoms with Gasteiger partial charge in [-0.25, -0.2) is 9.78 Å². The molecule has 0 aromatic carbocycles. The van der Waals surface area contributed by atoms with Crippen molar-refractivity contribution in [2.45, 2.75) is 19.1 Å². The van der Waals surface area contributed by atoms with Gasteiger partial charge >= 0.3 is 5.97 Å². The zero-order valence-electron chi connectivity index (χ0n) is 9.37. The second kappa shape index (κ2) is 4.99. The van der Waals surface area contributed by atoms with Crippen LogP contribution in [0.4, 0.5) is 5.13 Å². The Morgan fingerprint density at radius 3 is 3.12 bits per heavy atom. The number of hydrogen-bond donors (Lipinski definition) is 2. The third-order valence-electron chi connectivity index (χ3n) is 2.67. The number of aliphatic hydroxyl groups is 1. The monoisotopic (exact) mass is 258 g/mol. The van der Waals surface area contributed by atoms with Gasteiger partial charge in [0.15, 0.2) is 10.8 Å². The van der Waals surface area contributed by atoms with Gasteiger partial charge in [0.2, 0.25) is 0 Å². The molecule has 0 radical (unpaired) electrons. The number of carbonyl (C=O) groups is 1. The summed E-state index contributed by atoms with van der Waals surface area (Å²) in [5.41, 5.74) is 0.0595. The molecular formula is C10H14N2O4S. The number of anilines is 1. The van der Waals surface area contributed by atoms with Gasteiger partial charge in [0.25, 0.3) is 0 Å². The highest BCUT2D eigenvalue weighted by atomic mass is 32.1. The van der Waals surface area contributed by atoms with E-state index in [1.165, 1.54) is 16.7 Å². The van der Waals surface area contributed by atoms with Crippen molar-refractivity contribution in [3.63, 3.8) is 0 Å². The fraction of sp³-hybridized carbons (Fsp3) is 0.600. The largest absolute Gasteiger partial charge is 0.476 e. The molecule has 0 spiro atoms. The second-order valence-corrected chi connectivity index (χ2v) is 4.80. The van der Waals surface area contributed by atoms with Gasteiger partial charge in [0.05, 0.1) is 25.4 Å². The molecule has 1 aliphatic rings. The van der Waals surface area contributed by atoms with Crippen LogP contribution in [-0.4, -0.2) is 53.1 Å². The number of aliphatic hydroxyl groups excluding tert-OH is 1. The minimum Gasteiger partial charge on any atom is -0.476 e. The molecule has 7 heteroatoms. The van der Waals surface area contributed by atoms with E-state index in [1.54, 1.807) is 0 Å². The molecule has 2 rings (SSSR count). The van der Waals surface area contributed by atoms with Crippen molar-refractivity contribution in [2.75, 3.05) is 24.7 Å². The van der Waals surface area contributed by atoms with Crippen molar-refractivity contribution in [2.24, 2.45) is 0 Å². The summed E-state index contributed by atoms with van der Waals surface area (Å²) in [5.74, 6) is -1.02. The fourth-order valence-corrected chi connectivity index (χ4v) is 2.60. The average Bonchev–Trinajstić information content (AvgIpc) is 2.79. The van der Waals surface area contributed by atoms with Crippen LogP contribution in [-0.2, 0) is 4.74 Å². The summed E-state index contributed by atoms with van der Waals surface area (Å²) in [5, 5.41) is 20.1. The van der Waals surface area contributed by atoms with Gasteiger partial charge in [-0.05, 0) is 6.92 Å². The number of carboxylic acids is 1. The van der Waals surface area contributed by atoms with Gasteiger partial charge in [0.1, 0.15) is 0 Å². The number of rotatable bonds is 3. The Morgan fingerprint density at radius 1 is 1.76 bits per heavy atom. The first kappa shape index (κ1) is 12.3. The lowest BCUT2D eigenvalue weighted by Gasteiger charge is -2.37. The Morgan fingerprint density at radius 2 is 2.53 bits per heavy atom. The third-order valence-corrected chi connectivity index (χ3v) is 3.54. The molecule has 0 aliphatic carbocycles. The lowest BCUT2D eigenvalue weighted by Crippen LogP contribution is -2.49. The van der Waals surface area contributed by atoms with Crippen LogP contribution >= 0.6 is 11.3 Å². The van der Waals surface area contributed by atoms with Gasteiger partial charge in [-0.1, -0.05) is 0 Å². The normalized spacial score (nSPS) is 24.9. The maximum atomic E-state index is 10.8. The first-order valence-corrected chi connectivity index (χ1v) is 6.17. The molecule has 1 aliphatic heterocycles. The van der Waals surface area contributed by atoms with E-state index < -0.39 is 5.97 Å². The van der Waals surface area contributed by atoms with Gasteiger partial charge < -0.3 is 19.8 Å². The van der Waals surface area contributed by atoms with Gasteiger partial charge in [0, 0.05) is 11.9 Å². The highest BCUT2D eigenvalue weighted by Gasteiger charge is 2.28. The molecule has 6 nitrogen and oxygen atoms in total. The summed E-state index contributed by atoms with van der Waals surface area (Å²) in [6, 6.07) is 0.130. The average molecular weight is 258 g/mol. The smallest absolute Gasteiger partial charge is 0.355 e. The maximum absolute atomic E-state index is 10.8. The molecule has 0 saturated carbocycles. The number of nitrogens with zero attached hydrogens (tertiary/aromatic N) is 2. The summed E-state index contributed by atoms with van der Waals surface area (Å²) in [6.45, 7) is 2.98. The van der Waals surface area contributed by atoms with Crippen molar-refractivity contribution in [1.29, 1.82) is 0 Å². The first-order chi connectivity index (χ1) is 8.11. The lowest BCUT2D eigenvalue weighted by atomic mass is 10.2. The van der Waals surface area contributed by atoms with Crippen molar-refractivity contribution in [3.8, 4) is 0 Å². The number of morpholine rings is 1. The molecule has 1 aromatic rings. The van der Waals surface area contributed by atoms with Crippen LogP contribution < -0.4 is 4.90 Å². The molecule has 0 bridgehead atoms. The zero-order valence-corrected chi connectivity index (χ0v) is 10.2. The van der Waals surface area contributed by atoms with Crippen LogP contribution in [0, 0.1) is 0 Å². The predicted octanol–water partition coefficient (Wildman–Crippen LogP) is 0.427. The Labute approximate surface area is 102 Å². The van der Waals surface area contributed by atoms with E-state index in [-0.39, 0.29) is 24.4 Å². The highest BCUT2D eigenvalue weighted by Crippen LogP contribution is 2.25. The molecule has 1 saturated heterocycles. The van der Waals surface area contributed by atoms with Crippen LogP contribution in [0.1, 0.15) is 17.4 Å².